The standard InChI is InChI=1S/C19H31N5O2/c25-17(23-11-10-19(26)9-5-2-6-16(19)13-23)12-18(7-3-1-4-8-18)14-24-15-20-21-22-24/h15-16,26H,1-14H2/t16-,19+/m0/s1. The van der Waals surface area contributed by atoms with Crippen molar-refractivity contribution in [2.45, 2.75) is 82.8 Å². The van der Waals surface area contributed by atoms with Crippen molar-refractivity contribution in [1.82, 2.24) is 25.1 Å². The third kappa shape index (κ3) is 3.63. The molecule has 0 radical (unpaired) electrons. The van der Waals surface area contributed by atoms with Gasteiger partial charge < -0.3 is 10.0 Å². The van der Waals surface area contributed by atoms with Crippen LogP contribution < -0.4 is 0 Å². The summed E-state index contributed by atoms with van der Waals surface area (Å²) >= 11 is 0. The van der Waals surface area contributed by atoms with E-state index in [4.69, 9.17) is 0 Å². The summed E-state index contributed by atoms with van der Waals surface area (Å²) in [5.74, 6) is 0.517. The lowest BCUT2D eigenvalue weighted by Gasteiger charge is -2.48. The molecule has 3 aliphatic rings. The maximum atomic E-state index is 13.2. The highest BCUT2D eigenvalue weighted by molar-refractivity contribution is 5.77. The van der Waals surface area contributed by atoms with Crippen molar-refractivity contribution in [3.8, 4) is 0 Å². The number of nitrogens with zero attached hydrogens (tertiary/aromatic N) is 5. The molecule has 2 heterocycles. The van der Waals surface area contributed by atoms with E-state index in [1.807, 2.05) is 4.90 Å². The average molecular weight is 361 g/mol. The van der Waals surface area contributed by atoms with Gasteiger partial charge in [-0.05, 0) is 47.9 Å². The molecule has 2 aliphatic carbocycles. The van der Waals surface area contributed by atoms with Crippen molar-refractivity contribution in [2.75, 3.05) is 13.1 Å². The summed E-state index contributed by atoms with van der Waals surface area (Å²) in [6.45, 7) is 2.16. The number of tetrazole rings is 1. The van der Waals surface area contributed by atoms with Crippen LogP contribution in [0.4, 0.5) is 0 Å². The van der Waals surface area contributed by atoms with E-state index in [1.165, 1.54) is 25.7 Å². The van der Waals surface area contributed by atoms with Gasteiger partial charge in [0.05, 0.1) is 12.1 Å². The quantitative estimate of drug-likeness (QED) is 0.888. The summed E-state index contributed by atoms with van der Waals surface area (Å²) in [7, 11) is 0. The molecule has 7 heteroatoms. The lowest BCUT2D eigenvalue weighted by molar-refractivity contribution is -0.146. The number of carbonyl (C=O) groups excluding carboxylic acids is 1. The number of hydrogen-bond donors (Lipinski definition) is 1. The molecule has 1 amide bonds. The third-order valence-corrected chi connectivity index (χ3v) is 7.11. The minimum absolute atomic E-state index is 0.0228. The SMILES string of the molecule is O=C(CC1(Cn2cnnn2)CCCCC1)N1CC[C@]2(O)CCCC[C@H]2C1. The zero-order valence-corrected chi connectivity index (χ0v) is 15.6. The summed E-state index contributed by atoms with van der Waals surface area (Å²) < 4.78 is 1.79. The predicted molar refractivity (Wildman–Crippen MR) is 96.1 cm³/mol. The first-order valence-electron chi connectivity index (χ1n) is 10.3. The van der Waals surface area contributed by atoms with Crippen LogP contribution in [0.1, 0.15) is 70.6 Å². The molecule has 1 saturated heterocycles. The summed E-state index contributed by atoms with van der Waals surface area (Å²) in [6.07, 6.45) is 13.0. The summed E-state index contributed by atoms with van der Waals surface area (Å²) in [6, 6.07) is 0. The molecule has 2 atom stereocenters. The van der Waals surface area contributed by atoms with E-state index >= 15 is 0 Å². The number of amides is 1. The third-order valence-electron chi connectivity index (χ3n) is 7.11. The molecule has 1 aliphatic heterocycles. The zero-order valence-electron chi connectivity index (χ0n) is 15.6. The Balaban J connectivity index is 1.43. The first kappa shape index (κ1) is 17.9. The fourth-order valence-electron chi connectivity index (χ4n) is 5.52. The maximum Gasteiger partial charge on any atom is 0.223 e. The van der Waals surface area contributed by atoms with Crippen LogP contribution in [-0.4, -0.2) is 54.8 Å². The molecule has 1 N–H and O–H groups in total. The van der Waals surface area contributed by atoms with E-state index < -0.39 is 5.60 Å². The molecule has 4 rings (SSSR count). The Morgan fingerprint density at radius 1 is 1.12 bits per heavy atom. The van der Waals surface area contributed by atoms with Crippen molar-refractivity contribution in [3.63, 3.8) is 0 Å². The largest absolute Gasteiger partial charge is 0.389 e. The van der Waals surface area contributed by atoms with Gasteiger partial charge in [0.1, 0.15) is 6.33 Å². The number of hydrogen-bond acceptors (Lipinski definition) is 5. The van der Waals surface area contributed by atoms with Crippen molar-refractivity contribution in [2.24, 2.45) is 11.3 Å². The Morgan fingerprint density at radius 3 is 2.69 bits per heavy atom. The Kier molecular flexibility index (Phi) is 4.99. The fraction of sp³-hybridized carbons (Fsp3) is 0.895. The average Bonchev–Trinajstić information content (AvgIpc) is 3.14. The highest BCUT2D eigenvalue weighted by Gasteiger charge is 2.45. The highest BCUT2D eigenvalue weighted by Crippen LogP contribution is 2.43. The number of rotatable bonds is 4. The molecule has 1 aromatic heterocycles. The molecule has 0 aromatic carbocycles. The van der Waals surface area contributed by atoms with Crippen molar-refractivity contribution >= 4 is 5.91 Å². The van der Waals surface area contributed by atoms with Gasteiger partial charge in [0.2, 0.25) is 5.91 Å². The van der Waals surface area contributed by atoms with Crippen LogP contribution in [0, 0.1) is 11.3 Å². The normalized spacial score (nSPS) is 31.4. The number of likely N-dealkylation sites (tertiary alicyclic amines) is 1. The van der Waals surface area contributed by atoms with Gasteiger partial charge in [0, 0.05) is 25.4 Å². The maximum absolute atomic E-state index is 13.2. The van der Waals surface area contributed by atoms with Crippen LogP contribution in [0.3, 0.4) is 0 Å². The first-order chi connectivity index (χ1) is 12.6. The van der Waals surface area contributed by atoms with Gasteiger partial charge in [-0.3, -0.25) is 4.79 Å². The van der Waals surface area contributed by atoms with Crippen LogP contribution in [0.25, 0.3) is 0 Å². The van der Waals surface area contributed by atoms with E-state index in [2.05, 4.69) is 15.5 Å². The molecule has 3 fully saturated rings. The Morgan fingerprint density at radius 2 is 1.92 bits per heavy atom. The smallest absolute Gasteiger partial charge is 0.223 e. The molecule has 144 valence electrons. The van der Waals surface area contributed by atoms with Crippen LogP contribution in [0.5, 0.6) is 0 Å². The van der Waals surface area contributed by atoms with Gasteiger partial charge in [0.25, 0.3) is 0 Å². The van der Waals surface area contributed by atoms with E-state index in [0.29, 0.717) is 13.0 Å². The highest BCUT2D eigenvalue weighted by atomic mass is 16.3. The van der Waals surface area contributed by atoms with Gasteiger partial charge in [-0.1, -0.05) is 32.1 Å². The van der Waals surface area contributed by atoms with Gasteiger partial charge in [-0.25, -0.2) is 4.68 Å². The Bertz CT molecular complexity index is 613. The lowest BCUT2D eigenvalue weighted by atomic mass is 9.70. The lowest BCUT2D eigenvalue weighted by Crippen LogP contribution is -2.55. The van der Waals surface area contributed by atoms with Crippen molar-refractivity contribution in [1.29, 1.82) is 0 Å². The van der Waals surface area contributed by atoms with Crippen molar-refractivity contribution < 1.29 is 9.90 Å². The van der Waals surface area contributed by atoms with Gasteiger partial charge in [-0.2, -0.15) is 0 Å². The molecule has 0 spiro atoms. The Labute approximate surface area is 155 Å². The zero-order chi connectivity index (χ0) is 18.0. The predicted octanol–water partition coefficient (Wildman–Crippen LogP) is 2.17. The molecule has 2 saturated carbocycles. The monoisotopic (exact) mass is 361 g/mol. The number of fused-ring (bicyclic) bond motifs is 1. The van der Waals surface area contributed by atoms with E-state index in [0.717, 1.165) is 51.6 Å². The number of aliphatic hydroxyl groups is 1. The summed E-state index contributed by atoms with van der Waals surface area (Å²) in [4.78, 5) is 15.2. The van der Waals surface area contributed by atoms with E-state index in [9.17, 15) is 9.90 Å². The minimum atomic E-state index is -0.524. The second-order valence-electron chi connectivity index (χ2n) is 8.88. The van der Waals surface area contributed by atoms with Crippen LogP contribution >= 0.6 is 0 Å². The van der Waals surface area contributed by atoms with E-state index in [1.54, 1.807) is 11.0 Å². The van der Waals surface area contributed by atoms with Crippen LogP contribution in [0.2, 0.25) is 0 Å². The molecule has 26 heavy (non-hydrogen) atoms. The first-order valence-corrected chi connectivity index (χ1v) is 10.3. The summed E-state index contributed by atoms with van der Waals surface area (Å²) in [5, 5.41) is 22.4. The summed E-state index contributed by atoms with van der Waals surface area (Å²) in [5.41, 5.74) is -0.547. The Hall–Kier alpha value is -1.50. The molecule has 0 bridgehead atoms. The molecule has 0 unspecified atom stereocenters. The number of aromatic nitrogens is 4. The molecular formula is C19H31N5O2. The van der Waals surface area contributed by atoms with Crippen LogP contribution in [-0.2, 0) is 11.3 Å². The molecular weight excluding hydrogens is 330 g/mol. The number of piperidine rings is 1. The van der Waals surface area contributed by atoms with Crippen LogP contribution in [0.15, 0.2) is 6.33 Å². The van der Waals surface area contributed by atoms with E-state index in [-0.39, 0.29) is 17.2 Å². The fourth-order valence-corrected chi connectivity index (χ4v) is 5.52. The van der Waals surface area contributed by atoms with Gasteiger partial charge in [-0.15, -0.1) is 5.10 Å². The van der Waals surface area contributed by atoms with Gasteiger partial charge in [0.15, 0.2) is 0 Å². The second-order valence-corrected chi connectivity index (χ2v) is 8.88. The molecule has 7 nitrogen and oxygen atoms in total. The van der Waals surface area contributed by atoms with Crippen molar-refractivity contribution in [3.05, 3.63) is 6.33 Å². The van der Waals surface area contributed by atoms with Gasteiger partial charge >= 0.3 is 0 Å². The topological polar surface area (TPSA) is 84.1 Å². The second kappa shape index (κ2) is 7.25. The number of carbonyl (C=O) groups is 1. The minimum Gasteiger partial charge on any atom is -0.389 e. The molecule has 1 aromatic rings.